The van der Waals surface area contributed by atoms with E-state index in [1.165, 1.54) is 23.0 Å². The predicted molar refractivity (Wildman–Crippen MR) is 136 cm³/mol. The van der Waals surface area contributed by atoms with Crippen molar-refractivity contribution in [2.45, 2.75) is 30.6 Å². The zero-order chi connectivity index (χ0) is 23.0. The molecule has 2 aromatic carbocycles. The van der Waals surface area contributed by atoms with Gasteiger partial charge in [0.05, 0.1) is 10.6 Å². The fourth-order valence-electron chi connectivity index (χ4n) is 4.86. The summed E-state index contributed by atoms with van der Waals surface area (Å²) in [7, 11) is -3.25. The van der Waals surface area contributed by atoms with Gasteiger partial charge in [0.15, 0.2) is 9.84 Å². The summed E-state index contributed by atoms with van der Waals surface area (Å²) in [6.45, 7) is 1.73. The van der Waals surface area contributed by atoms with Crippen molar-refractivity contribution >= 4 is 32.6 Å². The first-order valence-electron chi connectivity index (χ1n) is 11.3. The summed E-state index contributed by atoms with van der Waals surface area (Å²) < 4.78 is 24.4. The van der Waals surface area contributed by atoms with Crippen LogP contribution >= 0.6 is 12.2 Å². The Morgan fingerprint density at radius 2 is 1.64 bits per heavy atom. The average Bonchev–Trinajstić information content (AvgIpc) is 3.00. The second-order valence-electron chi connectivity index (χ2n) is 8.74. The first-order valence-corrected chi connectivity index (χ1v) is 13.6. The summed E-state index contributed by atoms with van der Waals surface area (Å²) in [6.07, 6.45) is 6.60. The molecule has 3 aromatic rings. The third-order valence-electron chi connectivity index (χ3n) is 6.59. The van der Waals surface area contributed by atoms with Crippen molar-refractivity contribution in [2.75, 3.05) is 19.3 Å². The number of rotatable bonds is 2. The van der Waals surface area contributed by atoms with Crippen molar-refractivity contribution in [3.8, 4) is 0 Å². The summed E-state index contributed by atoms with van der Waals surface area (Å²) in [5, 5.41) is 0. The van der Waals surface area contributed by atoms with E-state index in [4.69, 9.17) is 17.2 Å². The van der Waals surface area contributed by atoms with Crippen molar-refractivity contribution in [3.63, 3.8) is 0 Å². The van der Waals surface area contributed by atoms with E-state index >= 15 is 0 Å². The second-order valence-corrected chi connectivity index (χ2v) is 11.1. The first-order chi connectivity index (χ1) is 15.9. The van der Waals surface area contributed by atoms with E-state index < -0.39 is 9.84 Å². The molecule has 0 N–H and O–H groups in total. The zero-order valence-electron chi connectivity index (χ0n) is 18.6. The van der Waals surface area contributed by atoms with Crippen molar-refractivity contribution in [3.05, 3.63) is 100 Å². The molecule has 2 aliphatic rings. The monoisotopic (exact) mass is 474 g/mol. The van der Waals surface area contributed by atoms with Gasteiger partial charge in [0, 0.05) is 36.7 Å². The van der Waals surface area contributed by atoms with E-state index in [-0.39, 0.29) is 0 Å². The maximum absolute atomic E-state index is 12.2. The van der Waals surface area contributed by atoms with Gasteiger partial charge >= 0.3 is 0 Å². The molecule has 168 valence electrons. The van der Waals surface area contributed by atoms with Crippen LogP contribution in [0.3, 0.4) is 0 Å². The maximum atomic E-state index is 12.2. The first kappa shape index (κ1) is 22.0. The molecule has 0 radical (unpaired) electrons. The van der Waals surface area contributed by atoms with Crippen molar-refractivity contribution in [2.24, 2.45) is 0 Å². The molecule has 0 bridgehead atoms. The number of fused-ring (bicyclic) bond motifs is 2. The van der Waals surface area contributed by atoms with Crippen LogP contribution in [0.2, 0.25) is 0 Å². The van der Waals surface area contributed by atoms with Gasteiger partial charge in [-0.3, -0.25) is 4.98 Å². The highest BCUT2D eigenvalue weighted by Gasteiger charge is 2.26. The highest BCUT2D eigenvalue weighted by molar-refractivity contribution is 7.90. The standard InChI is InChI=1S/C27H26N2O2S2/c1-33(30,31)23-11-12-24-22(18-23)10-9-20-8-5-15-28-26(20)25(24)19-13-16-29(17-14-19)27(32)21-6-3-2-4-7-21/h2-8,11-12,15,18H,9-10,13-14,16-17H2,1H3. The minimum absolute atomic E-state index is 0.382. The van der Waals surface area contributed by atoms with Gasteiger partial charge in [-0.15, -0.1) is 0 Å². The van der Waals surface area contributed by atoms with Gasteiger partial charge in [0.1, 0.15) is 4.99 Å². The summed E-state index contributed by atoms with van der Waals surface area (Å²) in [5.74, 6) is 0. The molecule has 0 saturated carbocycles. The summed E-state index contributed by atoms with van der Waals surface area (Å²) in [4.78, 5) is 8.36. The van der Waals surface area contributed by atoms with E-state index in [0.29, 0.717) is 4.90 Å². The number of sulfone groups is 1. The van der Waals surface area contributed by atoms with Crippen LogP contribution in [0.25, 0.3) is 5.57 Å². The number of aromatic nitrogens is 1. The van der Waals surface area contributed by atoms with Gasteiger partial charge in [0.25, 0.3) is 0 Å². The number of aryl methyl sites for hydroxylation is 2. The van der Waals surface area contributed by atoms with Gasteiger partial charge in [-0.1, -0.05) is 60.3 Å². The molecule has 6 heteroatoms. The molecule has 1 fully saturated rings. The smallest absolute Gasteiger partial charge is 0.175 e. The lowest BCUT2D eigenvalue weighted by Crippen LogP contribution is -2.36. The van der Waals surface area contributed by atoms with Gasteiger partial charge in [0.2, 0.25) is 0 Å². The number of thiocarbonyl (C=S) groups is 1. The third-order valence-corrected chi connectivity index (χ3v) is 8.20. The largest absolute Gasteiger partial charge is 0.362 e. The number of likely N-dealkylation sites (tertiary alicyclic amines) is 1. The lowest BCUT2D eigenvalue weighted by Gasteiger charge is -2.32. The summed E-state index contributed by atoms with van der Waals surface area (Å²) >= 11 is 5.77. The highest BCUT2D eigenvalue weighted by Crippen LogP contribution is 2.38. The van der Waals surface area contributed by atoms with Gasteiger partial charge in [-0.25, -0.2) is 8.42 Å². The predicted octanol–water partition coefficient (Wildman–Crippen LogP) is 4.86. The lowest BCUT2D eigenvalue weighted by atomic mass is 9.88. The average molecular weight is 475 g/mol. The number of hydrogen-bond donors (Lipinski definition) is 0. The number of pyridine rings is 1. The van der Waals surface area contributed by atoms with E-state index in [0.717, 1.165) is 66.1 Å². The molecule has 33 heavy (non-hydrogen) atoms. The Hall–Kier alpha value is -2.83. The Morgan fingerprint density at radius 3 is 2.36 bits per heavy atom. The molecule has 5 rings (SSSR count). The van der Waals surface area contributed by atoms with E-state index in [2.05, 4.69) is 23.1 Å². The maximum Gasteiger partial charge on any atom is 0.175 e. The van der Waals surface area contributed by atoms with E-state index in [9.17, 15) is 8.42 Å². The quantitative estimate of drug-likeness (QED) is 0.497. The van der Waals surface area contributed by atoms with Gasteiger partial charge < -0.3 is 4.90 Å². The van der Waals surface area contributed by atoms with Crippen LogP contribution in [0.1, 0.15) is 40.8 Å². The zero-order valence-corrected chi connectivity index (χ0v) is 20.3. The van der Waals surface area contributed by atoms with Crippen LogP contribution in [0, 0.1) is 0 Å². The van der Waals surface area contributed by atoms with Gasteiger partial charge in [-0.2, -0.15) is 0 Å². The number of hydrogen-bond acceptors (Lipinski definition) is 4. The number of benzene rings is 2. The van der Waals surface area contributed by atoms with Crippen LogP contribution in [0.15, 0.2) is 77.3 Å². The molecular weight excluding hydrogens is 448 g/mol. The molecule has 0 unspecified atom stereocenters. The highest BCUT2D eigenvalue weighted by atomic mass is 32.2. The Kier molecular flexibility index (Phi) is 5.89. The molecule has 2 heterocycles. The number of nitrogens with zero attached hydrogens (tertiary/aromatic N) is 2. The lowest BCUT2D eigenvalue weighted by molar-refractivity contribution is 0.395. The van der Waals surface area contributed by atoms with E-state index in [1.54, 1.807) is 6.07 Å². The van der Waals surface area contributed by atoms with Crippen molar-refractivity contribution in [1.82, 2.24) is 9.88 Å². The van der Waals surface area contributed by atoms with Crippen LogP contribution in [-0.2, 0) is 22.7 Å². The van der Waals surface area contributed by atoms with Crippen LogP contribution in [-0.4, -0.2) is 42.6 Å². The fraction of sp³-hybridized carbons (Fsp3) is 0.259. The fourth-order valence-corrected chi connectivity index (χ4v) is 5.85. The van der Waals surface area contributed by atoms with Crippen LogP contribution in [0.5, 0.6) is 0 Å². The summed E-state index contributed by atoms with van der Waals surface area (Å²) in [5.41, 5.74) is 8.11. The Bertz CT molecular complexity index is 1350. The molecule has 0 atom stereocenters. The molecular formula is C27H26N2O2S2. The van der Waals surface area contributed by atoms with Gasteiger partial charge in [-0.05, 0) is 60.6 Å². The summed E-state index contributed by atoms with van der Waals surface area (Å²) in [6, 6.07) is 19.9. The molecule has 1 saturated heterocycles. The minimum Gasteiger partial charge on any atom is -0.362 e. The molecule has 1 aromatic heterocycles. The van der Waals surface area contributed by atoms with Crippen molar-refractivity contribution < 1.29 is 8.42 Å². The second kappa shape index (κ2) is 8.84. The molecule has 0 amide bonds. The Morgan fingerprint density at radius 1 is 0.909 bits per heavy atom. The normalized spacial score (nSPS) is 16.1. The van der Waals surface area contributed by atoms with Crippen molar-refractivity contribution in [1.29, 1.82) is 0 Å². The van der Waals surface area contributed by atoms with E-state index in [1.807, 2.05) is 42.6 Å². The Labute approximate surface area is 200 Å². The molecule has 0 spiro atoms. The topological polar surface area (TPSA) is 50.3 Å². The van der Waals surface area contributed by atoms with Crippen LogP contribution < -0.4 is 0 Å². The number of piperidine rings is 1. The Balaban J connectivity index is 1.54. The van der Waals surface area contributed by atoms with Crippen LogP contribution in [0.4, 0.5) is 0 Å². The molecule has 4 nitrogen and oxygen atoms in total. The minimum atomic E-state index is -3.25. The molecule has 1 aliphatic heterocycles. The third kappa shape index (κ3) is 4.37. The molecule has 1 aliphatic carbocycles. The SMILES string of the molecule is CS(=O)(=O)c1ccc2c(c1)CCc1cccnc1C2=C1CCN(C(=S)c2ccccc2)CC1.